The number of anilines is 1. The normalized spacial score (nSPS) is 10.1. The summed E-state index contributed by atoms with van der Waals surface area (Å²) < 4.78 is 4.70. The molecule has 0 unspecified atom stereocenters. The number of nitrogens with one attached hydrogen (secondary N) is 1. The van der Waals surface area contributed by atoms with Crippen molar-refractivity contribution in [2.24, 2.45) is 0 Å². The summed E-state index contributed by atoms with van der Waals surface area (Å²) in [7, 11) is 2.90. The SMILES string of the molecule is COC(=O)c1ccccc1NC(=O)N(C)CCc1ccc([N+](=O)[O-])cc1. The van der Waals surface area contributed by atoms with E-state index in [1.807, 2.05) is 0 Å². The zero-order chi connectivity index (χ0) is 19.1. The van der Waals surface area contributed by atoms with Crippen molar-refractivity contribution in [1.82, 2.24) is 4.90 Å². The van der Waals surface area contributed by atoms with Crippen LogP contribution in [0.1, 0.15) is 15.9 Å². The molecule has 0 heterocycles. The van der Waals surface area contributed by atoms with Crippen LogP contribution in [0, 0.1) is 10.1 Å². The number of carbonyl (C=O) groups is 2. The second-order valence-electron chi connectivity index (χ2n) is 5.56. The standard InChI is InChI=1S/C18H19N3O5/c1-20(12-11-13-7-9-14(10-8-13)21(24)25)18(23)19-16-6-4-3-5-15(16)17(22)26-2/h3-10H,11-12H2,1-2H3,(H,19,23). The number of rotatable bonds is 6. The predicted molar refractivity (Wildman–Crippen MR) is 96.2 cm³/mol. The molecule has 8 nitrogen and oxygen atoms in total. The van der Waals surface area contributed by atoms with Gasteiger partial charge in [0, 0.05) is 25.7 Å². The van der Waals surface area contributed by atoms with Gasteiger partial charge < -0.3 is 15.0 Å². The topological polar surface area (TPSA) is 102 Å². The van der Waals surface area contributed by atoms with Gasteiger partial charge in [0.2, 0.25) is 0 Å². The Bertz CT molecular complexity index is 805. The fraction of sp³-hybridized carbons (Fsp3) is 0.222. The van der Waals surface area contributed by atoms with Crippen molar-refractivity contribution >= 4 is 23.4 Å². The lowest BCUT2D eigenvalue weighted by Crippen LogP contribution is -2.33. The highest BCUT2D eigenvalue weighted by Gasteiger charge is 2.15. The molecule has 0 bridgehead atoms. The molecular weight excluding hydrogens is 338 g/mol. The first-order valence-electron chi connectivity index (χ1n) is 7.85. The van der Waals surface area contributed by atoms with Crippen LogP contribution >= 0.6 is 0 Å². The van der Waals surface area contributed by atoms with E-state index in [1.165, 1.54) is 24.1 Å². The number of urea groups is 1. The van der Waals surface area contributed by atoms with Crippen LogP contribution in [-0.2, 0) is 11.2 Å². The maximum Gasteiger partial charge on any atom is 0.339 e. The minimum absolute atomic E-state index is 0.0271. The molecule has 26 heavy (non-hydrogen) atoms. The van der Waals surface area contributed by atoms with Gasteiger partial charge in [0.15, 0.2) is 0 Å². The smallest absolute Gasteiger partial charge is 0.339 e. The highest BCUT2D eigenvalue weighted by Crippen LogP contribution is 2.17. The minimum atomic E-state index is -0.533. The molecule has 0 aliphatic rings. The summed E-state index contributed by atoms with van der Waals surface area (Å²) in [6.07, 6.45) is 0.542. The fourth-order valence-corrected chi connectivity index (χ4v) is 2.27. The maximum absolute atomic E-state index is 12.3. The third kappa shape index (κ3) is 4.79. The van der Waals surface area contributed by atoms with Crippen molar-refractivity contribution < 1.29 is 19.2 Å². The van der Waals surface area contributed by atoms with Crippen LogP contribution in [0.5, 0.6) is 0 Å². The van der Waals surface area contributed by atoms with Gasteiger partial charge in [0.1, 0.15) is 0 Å². The molecule has 136 valence electrons. The summed E-state index contributed by atoms with van der Waals surface area (Å²) in [6, 6.07) is 12.4. The number of esters is 1. The number of nitrogens with zero attached hydrogens (tertiary/aromatic N) is 2. The highest BCUT2D eigenvalue weighted by molar-refractivity contribution is 6.00. The minimum Gasteiger partial charge on any atom is -0.465 e. The number of likely N-dealkylation sites (N-methyl/N-ethyl adjacent to an activating group) is 1. The van der Waals surface area contributed by atoms with E-state index in [-0.39, 0.29) is 17.3 Å². The number of methoxy groups -OCH3 is 1. The molecule has 0 fully saturated rings. The summed E-state index contributed by atoms with van der Waals surface area (Å²) in [5, 5.41) is 13.3. The number of hydrogen-bond acceptors (Lipinski definition) is 5. The Hall–Kier alpha value is -3.42. The average molecular weight is 357 g/mol. The Morgan fingerprint density at radius 3 is 2.42 bits per heavy atom. The summed E-state index contributed by atoms with van der Waals surface area (Å²) in [5.41, 5.74) is 1.54. The lowest BCUT2D eigenvalue weighted by molar-refractivity contribution is -0.384. The van der Waals surface area contributed by atoms with E-state index >= 15 is 0 Å². The number of non-ortho nitro benzene ring substituents is 1. The van der Waals surface area contributed by atoms with Gasteiger partial charge in [-0.05, 0) is 24.1 Å². The van der Waals surface area contributed by atoms with Crippen molar-refractivity contribution in [1.29, 1.82) is 0 Å². The summed E-state index contributed by atoms with van der Waals surface area (Å²) in [4.78, 5) is 35.7. The molecule has 0 aliphatic carbocycles. The van der Waals surface area contributed by atoms with Crippen LogP contribution in [-0.4, -0.2) is 42.5 Å². The average Bonchev–Trinajstić information content (AvgIpc) is 2.66. The first-order valence-corrected chi connectivity index (χ1v) is 7.85. The number of nitro benzene ring substituents is 1. The third-order valence-electron chi connectivity index (χ3n) is 3.80. The molecule has 0 saturated heterocycles. The highest BCUT2D eigenvalue weighted by atomic mass is 16.6. The molecule has 2 aromatic rings. The molecule has 1 N–H and O–H groups in total. The monoisotopic (exact) mass is 357 g/mol. The third-order valence-corrected chi connectivity index (χ3v) is 3.80. The number of carbonyl (C=O) groups excluding carboxylic acids is 2. The Morgan fingerprint density at radius 2 is 1.81 bits per heavy atom. The molecule has 2 amide bonds. The molecule has 0 aliphatic heterocycles. The van der Waals surface area contributed by atoms with Crippen LogP contribution in [0.4, 0.5) is 16.2 Å². The van der Waals surface area contributed by atoms with E-state index in [9.17, 15) is 19.7 Å². The van der Waals surface area contributed by atoms with Gasteiger partial charge in [0.25, 0.3) is 5.69 Å². The van der Waals surface area contributed by atoms with Gasteiger partial charge in [-0.15, -0.1) is 0 Å². The summed E-state index contributed by atoms with van der Waals surface area (Å²) in [6.45, 7) is 0.407. The predicted octanol–water partition coefficient (Wildman–Crippen LogP) is 3.09. The molecule has 2 aromatic carbocycles. The number of nitro groups is 1. The zero-order valence-corrected chi connectivity index (χ0v) is 14.5. The quantitative estimate of drug-likeness (QED) is 0.486. The van der Waals surface area contributed by atoms with E-state index in [2.05, 4.69) is 5.32 Å². The van der Waals surface area contributed by atoms with Gasteiger partial charge in [-0.25, -0.2) is 9.59 Å². The van der Waals surface area contributed by atoms with Crippen molar-refractivity contribution in [3.8, 4) is 0 Å². The van der Waals surface area contributed by atoms with Crippen LogP contribution in [0.3, 0.4) is 0 Å². The number of ether oxygens (including phenoxy) is 1. The van der Waals surface area contributed by atoms with Crippen LogP contribution in [0.15, 0.2) is 48.5 Å². The van der Waals surface area contributed by atoms with Crippen LogP contribution < -0.4 is 5.32 Å². The largest absolute Gasteiger partial charge is 0.465 e. The van der Waals surface area contributed by atoms with E-state index in [1.54, 1.807) is 43.4 Å². The Kier molecular flexibility index (Phi) is 6.26. The van der Waals surface area contributed by atoms with E-state index in [0.717, 1.165) is 5.56 Å². The van der Waals surface area contributed by atoms with Gasteiger partial charge >= 0.3 is 12.0 Å². The van der Waals surface area contributed by atoms with Crippen molar-refractivity contribution in [3.05, 3.63) is 69.8 Å². The lowest BCUT2D eigenvalue weighted by Gasteiger charge is -2.19. The van der Waals surface area contributed by atoms with Gasteiger partial charge in [-0.1, -0.05) is 24.3 Å². The number of amides is 2. The first kappa shape index (κ1) is 18.9. The molecule has 8 heteroatoms. The Balaban J connectivity index is 1.96. The van der Waals surface area contributed by atoms with Crippen LogP contribution in [0.25, 0.3) is 0 Å². The molecule has 0 saturated carbocycles. The second kappa shape index (κ2) is 8.61. The molecule has 0 spiro atoms. The van der Waals surface area contributed by atoms with Crippen molar-refractivity contribution in [3.63, 3.8) is 0 Å². The first-order chi connectivity index (χ1) is 12.4. The fourth-order valence-electron chi connectivity index (χ4n) is 2.27. The summed E-state index contributed by atoms with van der Waals surface area (Å²) >= 11 is 0. The van der Waals surface area contributed by atoms with Gasteiger partial charge in [-0.3, -0.25) is 10.1 Å². The number of hydrogen-bond donors (Lipinski definition) is 1. The van der Waals surface area contributed by atoms with Crippen LogP contribution in [0.2, 0.25) is 0 Å². The van der Waals surface area contributed by atoms with Crippen molar-refractivity contribution in [2.45, 2.75) is 6.42 Å². The van der Waals surface area contributed by atoms with Gasteiger partial charge in [0.05, 0.1) is 23.3 Å². The molecule has 0 radical (unpaired) electrons. The zero-order valence-electron chi connectivity index (χ0n) is 14.5. The van der Waals surface area contributed by atoms with E-state index in [4.69, 9.17) is 4.74 Å². The van der Waals surface area contributed by atoms with Gasteiger partial charge in [-0.2, -0.15) is 0 Å². The maximum atomic E-state index is 12.3. The molecular formula is C18H19N3O5. The number of benzene rings is 2. The molecule has 2 rings (SSSR count). The second-order valence-corrected chi connectivity index (χ2v) is 5.56. The van der Waals surface area contributed by atoms with E-state index in [0.29, 0.717) is 18.7 Å². The lowest BCUT2D eigenvalue weighted by atomic mass is 10.1. The Morgan fingerprint density at radius 1 is 1.15 bits per heavy atom. The Labute approximate surface area is 150 Å². The number of para-hydroxylation sites is 1. The van der Waals surface area contributed by atoms with E-state index < -0.39 is 10.9 Å². The summed E-state index contributed by atoms with van der Waals surface area (Å²) in [5.74, 6) is -0.533. The van der Waals surface area contributed by atoms with Crippen molar-refractivity contribution in [2.75, 3.05) is 26.0 Å². The molecule has 0 atom stereocenters. The molecule has 0 aromatic heterocycles.